The number of nitrogens with zero attached hydrogens (tertiary/aromatic N) is 2. The van der Waals surface area contributed by atoms with E-state index in [1.165, 1.54) is 6.42 Å². The number of nitrogens with one attached hydrogen (secondary N) is 1. The highest BCUT2D eigenvalue weighted by molar-refractivity contribution is 5.95. The van der Waals surface area contributed by atoms with Crippen LogP contribution in [0.1, 0.15) is 42.2 Å². The van der Waals surface area contributed by atoms with Crippen LogP contribution < -0.4 is 11.1 Å². The molecule has 5 nitrogen and oxygen atoms in total. The first-order valence-corrected chi connectivity index (χ1v) is 6.14. The van der Waals surface area contributed by atoms with Gasteiger partial charge in [-0.15, -0.1) is 0 Å². The molecule has 0 aliphatic heterocycles. The molecule has 0 spiro atoms. The number of hydrogen-bond donors (Lipinski definition) is 2. The van der Waals surface area contributed by atoms with Crippen LogP contribution in [0.25, 0.3) is 0 Å². The van der Waals surface area contributed by atoms with Crippen molar-refractivity contribution in [2.45, 2.75) is 38.1 Å². The fourth-order valence-corrected chi connectivity index (χ4v) is 2.14. The molecule has 1 aliphatic carbocycles. The summed E-state index contributed by atoms with van der Waals surface area (Å²) in [6, 6.07) is 0. The normalized spacial score (nSPS) is 17.6. The van der Waals surface area contributed by atoms with Crippen LogP contribution in [0.4, 0.5) is 0 Å². The van der Waals surface area contributed by atoms with E-state index < -0.39 is 0 Å². The number of carbonyl (C=O) groups excluding carboxylic acids is 1. The summed E-state index contributed by atoms with van der Waals surface area (Å²) in [5, 5.41) is 7.17. The Balaban J connectivity index is 1.99. The van der Waals surface area contributed by atoms with E-state index in [-0.39, 0.29) is 11.4 Å². The Morgan fingerprint density at radius 2 is 2.35 bits per heavy atom. The summed E-state index contributed by atoms with van der Waals surface area (Å²) in [6.45, 7) is 2.55. The lowest BCUT2D eigenvalue weighted by atomic mass is 9.78. The molecule has 0 unspecified atom stereocenters. The fraction of sp³-hybridized carbons (Fsp3) is 0.667. The predicted octanol–water partition coefficient (Wildman–Crippen LogP) is 0.594. The molecular formula is C12H20N4O. The molecule has 1 saturated carbocycles. The van der Waals surface area contributed by atoms with E-state index in [9.17, 15) is 4.79 Å². The second-order valence-electron chi connectivity index (χ2n) is 4.92. The van der Waals surface area contributed by atoms with E-state index in [0.717, 1.165) is 25.0 Å². The van der Waals surface area contributed by atoms with E-state index >= 15 is 0 Å². The number of amides is 1. The standard InChI is InChI=1S/C12H20N4O/c1-3-10-9(7-16(2)15-10)11(17)14-8-12(13)5-4-6-12/h7H,3-6,8,13H2,1-2H3,(H,14,17). The fourth-order valence-electron chi connectivity index (χ4n) is 2.14. The van der Waals surface area contributed by atoms with Gasteiger partial charge in [0.05, 0.1) is 11.3 Å². The zero-order valence-electron chi connectivity index (χ0n) is 10.5. The zero-order valence-corrected chi connectivity index (χ0v) is 10.5. The molecule has 1 aromatic rings. The Morgan fingerprint density at radius 1 is 1.65 bits per heavy atom. The van der Waals surface area contributed by atoms with Gasteiger partial charge in [0, 0.05) is 25.3 Å². The van der Waals surface area contributed by atoms with Crippen molar-refractivity contribution in [3.8, 4) is 0 Å². The third-order valence-corrected chi connectivity index (χ3v) is 3.44. The molecule has 1 aromatic heterocycles. The molecule has 5 heteroatoms. The molecule has 2 rings (SSSR count). The Hall–Kier alpha value is -1.36. The molecule has 1 aliphatic rings. The summed E-state index contributed by atoms with van der Waals surface area (Å²) in [5.41, 5.74) is 7.40. The molecule has 0 aromatic carbocycles. The van der Waals surface area contributed by atoms with Gasteiger partial charge in [0.25, 0.3) is 5.91 Å². The van der Waals surface area contributed by atoms with E-state index in [1.807, 2.05) is 14.0 Å². The third-order valence-electron chi connectivity index (χ3n) is 3.44. The highest BCUT2D eigenvalue weighted by Gasteiger charge is 2.32. The van der Waals surface area contributed by atoms with Crippen LogP contribution in [0.2, 0.25) is 0 Å². The minimum absolute atomic E-state index is 0.0633. The molecule has 0 atom stereocenters. The largest absolute Gasteiger partial charge is 0.350 e. The number of hydrogen-bond acceptors (Lipinski definition) is 3. The molecule has 17 heavy (non-hydrogen) atoms. The smallest absolute Gasteiger partial charge is 0.254 e. The molecule has 1 fully saturated rings. The van der Waals surface area contributed by atoms with Crippen molar-refractivity contribution in [3.05, 3.63) is 17.5 Å². The summed E-state index contributed by atoms with van der Waals surface area (Å²) < 4.78 is 1.68. The van der Waals surface area contributed by atoms with Crippen LogP contribution in [-0.2, 0) is 13.5 Å². The van der Waals surface area contributed by atoms with Crippen molar-refractivity contribution in [1.29, 1.82) is 0 Å². The van der Waals surface area contributed by atoms with E-state index in [1.54, 1.807) is 10.9 Å². The van der Waals surface area contributed by atoms with Crippen molar-refractivity contribution in [1.82, 2.24) is 15.1 Å². The molecule has 94 valence electrons. The molecule has 0 saturated heterocycles. The van der Waals surface area contributed by atoms with E-state index in [2.05, 4.69) is 10.4 Å². The number of carbonyl (C=O) groups is 1. The molecule has 1 heterocycles. The average molecular weight is 236 g/mol. The van der Waals surface area contributed by atoms with E-state index in [4.69, 9.17) is 5.73 Å². The van der Waals surface area contributed by atoms with Gasteiger partial charge < -0.3 is 11.1 Å². The molecule has 0 radical (unpaired) electrons. The maximum Gasteiger partial charge on any atom is 0.254 e. The highest BCUT2D eigenvalue weighted by Crippen LogP contribution is 2.28. The van der Waals surface area contributed by atoms with Crippen molar-refractivity contribution >= 4 is 5.91 Å². The number of rotatable bonds is 4. The Bertz CT molecular complexity index is 420. The van der Waals surface area contributed by atoms with Crippen LogP contribution in [0.3, 0.4) is 0 Å². The SMILES string of the molecule is CCc1nn(C)cc1C(=O)NCC1(N)CCC1. The minimum atomic E-state index is -0.176. The first-order chi connectivity index (χ1) is 8.04. The maximum absolute atomic E-state index is 12.0. The summed E-state index contributed by atoms with van der Waals surface area (Å²) >= 11 is 0. The van der Waals surface area contributed by atoms with Gasteiger partial charge in [-0.05, 0) is 25.7 Å². The highest BCUT2D eigenvalue weighted by atomic mass is 16.1. The first kappa shape index (κ1) is 12.1. The summed E-state index contributed by atoms with van der Waals surface area (Å²) in [5.74, 6) is -0.0633. The monoisotopic (exact) mass is 236 g/mol. The Labute approximate surface area is 101 Å². The van der Waals surface area contributed by atoms with Gasteiger partial charge in [0.15, 0.2) is 0 Å². The first-order valence-electron chi connectivity index (χ1n) is 6.14. The number of aromatic nitrogens is 2. The predicted molar refractivity (Wildman–Crippen MR) is 65.7 cm³/mol. The second-order valence-corrected chi connectivity index (χ2v) is 4.92. The van der Waals surface area contributed by atoms with Gasteiger partial charge in [-0.25, -0.2) is 0 Å². The number of nitrogens with two attached hydrogens (primary N) is 1. The van der Waals surface area contributed by atoms with Crippen LogP contribution >= 0.6 is 0 Å². The van der Waals surface area contributed by atoms with Crippen LogP contribution in [-0.4, -0.2) is 27.8 Å². The van der Waals surface area contributed by atoms with Gasteiger partial charge in [-0.3, -0.25) is 9.48 Å². The molecule has 0 bridgehead atoms. The molecule has 1 amide bonds. The lowest BCUT2D eigenvalue weighted by molar-refractivity contribution is 0.0929. The maximum atomic E-state index is 12.0. The lowest BCUT2D eigenvalue weighted by Gasteiger charge is -2.38. The van der Waals surface area contributed by atoms with Crippen molar-refractivity contribution in [3.63, 3.8) is 0 Å². The van der Waals surface area contributed by atoms with Crippen molar-refractivity contribution < 1.29 is 4.79 Å². The topological polar surface area (TPSA) is 72.9 Å². The minimum Gasteiger partial charge on any atom is -0.350 e. The van der Waals surface area contributed by atoms with Crippen LogP contribution in [0.15, 0.2) is 6.20 Å². The Morgan fingerprint density at radius 3 is 2.88 bits per heavy atom. The lowest BCUT2D eigenvalue weighted by Crippen LogP contribution is -2.54. The van der Waals surface area contributed by atoms with Gasteiger partial charge in [0.2, 0.25) is 0 Å². The summed E-state index contributed by atoms with van der Waals surface area (Å²) in [7, 11) is 1.83. The third kappa shape index (κ3) is 2.49. The number of aryl methyl sites for hydroxylation is 2. The molecule has 3 N–H and O–H groups in total. The molecular weight excluding hydrogens is 216 g/mol. The zero-order chi connectivity index (χ0) is 12.5. The van der Waals surface area contributed by atoms with Crippen LogP contribution in [0.5, 0.6) is 0 Å². The van der Waals surface area contributed by atoms with Crippen LogP contribution in [0, 0.1) is 0 Å². The van der Waals surface area contributed by atoms with Gasteiger partial charge >= 0.3 is 0 Å². The quantitative estimate of drug-likeness (QED) is 0.803. The van der Waals surface area contributed by atoms with E-state index in [0.29, 0.717) is 12.1 Å². The Kier molecular flexibility index (Phi) is 3.19. The average Bonchev–Trinajstić information content (AvgIpc) is 2.64. The summed E-state index contributed by atoms with van der Waals surface area (Å²) in [4.78, 5) is 12.0. The van der Waals surface area contributed by atoms with Gasteiger partial charge in [-0.2, -0.15) is 5.10 Å². The van der Waals surface area contributed by atoms with Gasteiger partial charge in [-0.1, -0.05) is 6.92 Å². The summed E-state index contributed by atoms with van der Waals surface area (Å²) in [6.07, 6.45) is 5.69. The van der Waals surface area contributed by atoms with Gasteiger partial charge in [0.1, 0.15) is 0 Å². The van der Waals surface area contributed by atoms with Crippen molar-refractivity contribution in [2.24, 2.45) is 12.8 Å². The second kappa shape index (κ2) is 4.49. The van der Waals surface area contributed by atoms with Crippen molar-refractivity contribution in [2.75, 3.05) is 6.54 Å².